The molecule has 0 saturated carbocycles. The molecule has 0 radical (unpaired) electrons. The predicted molar refractivity (Wildman–Crippen MR) is 62.9 cm³/mol. The standard InChI is InChI=1S/C11H6N6O2/c18-11-9(19-17-16-11)10-14-6-2-1-5-7(8(6)15-10)13-4-3-12-5/h1-4,9H,(H,14,15). The zero-order valence-corrected chi connectivity index (χ0v) is 9.44. The van der Waals surface area contributed by atoms with Crippen LogP contribution in [0.15, 0.2) is 34.9 Å². The van der Waals surface area contributed by atoms with E-state index in [1.807, 2.05) is 6.07 Å². The molecule has 1 aliphatic rings. The van der Waals surface area contributed by atoms with Crippen molar-refractivity contribution in [3.63, 3.8) is 0 Å². The highest BCUT2D eigenvalue weighted by Gasteiger charge is 2.31. The van der Waals surface area contributed by atoms with Crippen LogP contribution in [0.5, 0.6) is 0 Å². The third kappa shape index (κ3) is 1.39. The SMILES string of the molecule is O=C1N=NOC1c1nc2ccc3nccnc3c2[nH]1. The van der Waals surface area contributed by atoms with E-state index < -0.39 is 12.0 Å². The van der Waals surface area contributed by atoms with Crippen molar-refractivity contribution in [1.82, 2.24) is 19.9 Å². The Morgan fingerprint density at radius 3 is 2.84 bits per heavy atom. The molecule has 0 fully saturated rings. The van der Waals surface area contributed by atoms with Gasteiger partial charge in [-0.3, -0.25) is 14.8 Å². The van der Waals surface area contributed by atoms with Gasteiger partial charge in [-0.2, -0.15) is 0 Å². The van der Waals surface area contributed by atoms with E-state index in [4.69, 9.17) is 4.84 Å². The molecule has 8 heteroatoms. The number of amides is 1. The number of fused-ring (bicyclic) bond motifs is 3. The Morgan fingerprint density at radius 2 is 2.00 bits per heavy atom. The summed E-state index contributed by atoms with van der Waals surface area (Å²) < 4.78 is 0. The number of aromatic nitrogens is 4. The van der Waals surface area contributed by atoms with Crippen LogP contribution in [-0.2, 0) is 9.63 Å². The van der Waals surface area contributed by atoms with Crippen LogP contribution >= 0.6 is 0 Å². The van der Waals surface area contributed by atoms with Gasteiger partial charge in [-0.25, -0.2) is 4.98 Å². The van der Waals surface area contributed by atoms with Gasteiger partial charge in [0.15, 0.2) is 5.82 Å². The lowest BCUT2D eigenvalue weighted by atomic mass is 10.2. The molecule has 19 heavy (non-hydrogen) atoms. The molecule has 92 valence electrons. The minimum Gasteiger partial charge on any atom is -0.357 e. The van der Waals surface area contributed by atoms with Crippen molar-refractivity contribution in [2.24, 2.45) is 10.4 Å². The fourth-order valence-corrected chi connectivity index (χ4v) is 2.03. The van der Waals surface area contributed by atoms with Crippen LogP contribution in [0, 0.1) is 0 Å². The van der Waals surface area contributed by atoms with Crippen LogP contribution in [0.1, 0.15) is 11.9 Å². The first-order chi connectivity index (χ1) is 9.33. The van der Waals surface area contributed by atoms with Crippen molar-refractivity contribution in [3.8, 4) is 0 Å². The third-order valence-electron chi connectivity index (χ3n) is 2.88. The fraction of sp³-hybridized carbons (Fsp3) is 0.0909. The van der Waals surface area contributed by atoms with Gasteiger partial charge >= 0.3 is 5.91 Å². The van der Waals surface area contributed by atoms with Crippen LogP contribution in [0.2, 0.25) is 0 Å². The third-order valence-corrected chi connectivity index (χ3v) is 2.88. The highest BCUT2D eigenvalue weighted by Crippen LogP contribution is 2.26. The summed E-state index contributed by atoms with van der Waals surface area (Å²) in [4.78, 5) is 32.1. The molecule has 0 aliphatic carbocycles. The van der Waals surface area contributed by atoms with Gasteiger partial charge in [0, 0.05) is 17.7 Å². The first kappa shape index (κ1) is 10.1. The number of hydrogen-bond acceptors (Lipinski definition) is 6. The zero-order valence-electron chi connectivity index (χ0n) is 9.44. The highest BCUT2D eigenvalue weighted by molar-refractivity contribution is 6.00. The molecule has 2 aromatic heterocycles. The summed E-state index contributed by atoms with van der Waals surface area (Å²) in [6.45, 7) is 0. The van der Waals surface area contributed by atoms with E-state index in [1.165, 1.54) is 0 Å². The number of benzene rings is 1. The first-order valence-electron chi connectivity index (χ1n) is 5.53. The molecule has 0 bridgehead atoms. The number of nitrogens with one attached hydrogen (secondary N) is 1. The Kier molecular flexibility index (Phi) is 1.88. The number of H-pyrrole nitrogens is 1. The molecular formula is C11H6N6O2. The molecule has 8 nitrogen and oxygen atoms in total. The van der Waals surface area contributed by atoms with Gasteiger partial charge in [0.1, 0.15) is 5.52 Å². The second kappa shape index (κ2) is 3.55. The van der Waals surface area contributed by atoms with Crippen molar-refractivity contribution in [2.75, 3.05) is 0 Å². The highest BCUT2D eigenvalue weighted by atomic mass is 16.7. The summed E-state index contributed by atoms with van der Waals surface area (Å²) in [5.41, 5.74) is 2.84. The Morgan fingerprint density at radius 1 is 1.16 bits per heavy atom. The number of nitrogens with zero attached hydrogens (tertiary/aromatic N) is 5. The molecule has 1 N–H and O–H groups in total. The molecule has 1 unspecified atom stereocenters. The van der Waals surface area contributed by atoms with Gasteiger partial charge in [0.25, 0.3) is 6.10 Å². The predicted octanol–water partition coefficient (Wildman–Crippen LogP) is 1.47. The second-order valence-corrected chi connectivity index (χ2v) is 4.01. The minimum absolute atomic E-state index is 0.364. The van der Waals surface area contributed by atoms with Gasteiger partial charge in [-0.15, -0.1) is 0 Å². The number of imidazole rings is 1. The molecule has 1 aromatic carbocycles. The molecular weight excluding hydrogens is 248 g/mol. The Balaban J connectivity index is 1.96. The van der Waals surface area contributed by atoms with Gasteiger partial charge in [0.2, 0.25) is 0 Å². The molecule has 0 spiro atoms. The number of hydrogen-bond donors (Lipinski definition) is 1. The maximum atomic E-state index is 11.4. The number of rotatable bonds is 1. The lowest BCUT2D eigenvalue weighted by Gasteiger charge is -1.98. The van der Waals surface area contributed by atoms with E-state index >= 15 is 0 Å². The van der Waals surface area contributed by atoms with Gasteiger partial charge in [-0.05, 0) is 12.1 Å². The summed E-state index contributed by atoms with van der Waals surface area (Å²) in [5, 5.41) is 6.54. The Bertz CT molecular complexity index is 839. The number of carbonyl (C=O) groups is 1. The lowest BCUT2D eigenvalue weighted by Crippen LogP contribution is -2.07. The van der Waals surface area contributed by atoms with Crippen LogP contribution in [0.3, 0.4) is 0 Å². The molecule has 0 saturated heterocycles. The molecule has 4 rings (SSSR count). The normalized spacial score (nSPS) is 18.3. The largest absolute Gasteiger partial charge is 0.357 e. The summed E-state index contributed by atoms with van der Waals surface area (Å²) in [6.07, 6.45) is 2.32. The molecule has 1 amide bonds. The summed E-state index contributed by atoms with van der Waals surface area (Å²) in [7, 11) is 0. The van der Waals surface area contributed by atoms with Crippen molar-refractivity contribution >= 4 is 28.0 Å². The van der Waals surface area contributed by atoms with E-state index in [-0.39, 0.29) is 0 Å². The first-order valence-corrected chi connectivity index (χ1v) is 5.53. The smallest absolute Gasteiger partial charge is 0.318 e. The van der Waals surface area contributed by atoms with E-state index in [9.17, 15) is 4.79 Å². The number of aromatic amines is 1. The average Bonchev–Trinajstić information content (AvgIpc) is 3.04. The van der Waals surface area contributed by atoms with Crippen molar-refractivity contribution in [2.45, 2.75) is 6.10 Å². The second-order valence-electron chi connectivity index (χ2n) is 4.01. The topological polar surface area (TPSA) is 105 Å². The Hall–Kier alpha value is -2.90. The molecule has 1 aliphatic heterocycles. The monoisotopic (exact) mass is 254 g/mol. The van der Waals surface area contributed by atoms with Crippen LogP contribution in [0.4, 0.5) is 0 Å². The van der Waals surface area contributed by atoms with Gasteiger partial charge < -0.3 is 9.82 Å². The van der Waals surface area contributed by atoms with E-state index in [1.54, 1.807) is 18.5 Å². The number of carbonyl (C=O) groups excluding carboxylic acids is 1. The van der Waals surface area contributed by atoms with Crippen LogP contribution in [-0.4, -0.2) is 25.8 Å². The van der Waals surface area contributed by atoms with E-state index in [2.05, 4.69) is 30.3 Å². The summed E-state index contributed by atoms with van der Waals surface area (Å²) in [5.74, 6) is -0.113. The van der Waals surface area contributed by atoms with E-state index in [0.717, 1.165) is 5.52 Å². The van der Waals surface area contributed by atoms with Crippen molar-refractivity contribution in [1.29, 1.82) is 0 Å². The minimum atomic E-state index is -0.904. The van der Waals surface area contributed by atoms with Crippen molar-refractivity contribution < 1.29 is 9.63 Å². The van der Waals surface area contributed by atoms with Crippen LogP contribution in [0.25, 0.3) is 22.1 Å². The van der Waals surface area contributed by atoms with Crippen molar-refractivity contribution in [3.05, 3.63) is 30.4 Å². The summed E-state index contributed by atoms with van der Waals surface area (Å²) >= 11 is 0. The quantitative estimate of drug-likeness (QED) is 0.707. The maximum absolute atomic E-state index is 11.4. The average molecular weight is 254 g/mol. The molecule has 1 atom stereocenters. The van der Waals surface area contributed by atoms with E-state index in [0.29, 0.717) is 22.4 Å². The van der Waals surface area contributed by atoms with Gasteiger partial charge in [0.05, 0.1) is 16.6 Å². The molecule has 3 aromatic rings. The Labute approximate surface area is 105 Å². The van der Waals surface area contributed by atoms with Gasteiger partial charge in [-0.1, -0.05) is 5.11 Å². The molecule has 3 heterocycles. The van der Waals surface area contributed by atoms with Crippen LogP contribution < -0.4 is 0 Å². The zero-order chi connectivity index (χ0) is 12.8. The summed E-state index contributed by atoms with van der Waals surface area (Å²) in [6, 6.07) is 3.63. The maximum Gasteiger partial charge on any atom is 0.318 e. The fourth-order valence-electron chi connectivity index (χ4n) is 2.03. The lowest BCUT2D eigenvalue weighted by molar-refractivity contribution is -0.124.